The minimum Gasteiger partial charge on any atom is -0.493 e. The van der Waals surface area contributed by atoms with E-state index in [1.54, 1.807) is 72.8 Å². The lowest BCUT2D eigenvalue weighted by Gasteiger charge is -2.31. The number of hydrogen-bond acceptors (Lipinski definition) is 9. The largest absolute Gasteiger partial charge is 0.493 e. The van der Waals surface area contributed by atoms with Gasteiger partial charge in [-0.2, -0.15) is 0 Å². The van der Waals surface area contributed by atoms with Gasteiger partial charge < -0.3 is 28.4 Å². The molecule has 0 heterocycles. The Kier molecular flexibility index (Phi) is 12.2. The lowest BCUT2D eigenvalue weighted by molar-refractivity contribution is -0.0383. The average molecular weight is 579 g/mol. The Morgan fingerprint density at radius 3 is 1.05 bits per heavy atom. The van der Waals surface area contributed by atoms with Crippen LogP contribution in [0.5, 0.6) is 17.2 Å². The molecule has 0 saturated carbocycles. The second-order valence-electron chi connectivity index (χ2n) is 9.37. The first-order chi connectivity index (χ1) is 20.4. The Labute approximate surface area is 246 Å². The van der Waals surface area contributed by atoms with E-state index in [4.69, 9.17) is 28.4 Å². The third-order valence-corrected chi connectivity index (χ3v) is 6.50. The molecule has 0 aromatic heterocycles. The maximum atomic E-state index is 13.1. The van der Waals surface area contributed by atoms with Crippen molar-refractivity contribution < 1.29 is 42.8 Å². The van der Waals surface area contributed by atoms with Crippen LogP contribution in [0.25, 0.3) is 0 Å². The van der Waals surface area contributed by atoms with Gasteiger partial charge in [0.15, 0.2) is 0 Å². The second kappa shape index (κ2) is 16.0. The Balaban J connectivity index is 1.83. The summed E-state index contributed by atoms with van der Waals surface area (Å²) in [5.41, 5.74) is -0.276. The van der Waals surface area contributed by atoms with Crippen LogP contribution in [0.15, 0.2) is 72.8 Å². The first kappa shape index (κ1) is 32.0. The molecule has 0 fully saturated rings. The average Bonchev–Trinajstić information content (AvgIpc) is 3.02. The number of rotatable bonds is 16. The molecule has 3 aromatic rings. The van der Waals surface area contributed by atoms with Crippen molar-refractivity contribution in [3.63, 3.8) is 0 Å². The molecule has 0 aliphatic heterocycles. The van der Waals surface area contributed by atoms with Gasteiger partial charge in [-0.3, -0.25) is 0 Å². The molecule has 0 spiro atoms. The van der Waals surface area contributed by atoms with Gasteiger partial charge >= 0.3 is 17.9 Å². The highest BCUT2D eigenvalue weighted by molar-refractivity contribution is 5.93. The molecule has 42 heavy (non-hydrogen) atoms. The molecular weight excluding hydrogens is 540 g/mol. The van der Waals surface area contributed by atoms with Crippen molar-refractivity contribution in [1.82, 2.24) is 0 Å². The molecule has 0 N–H and O–H groups in total. The number of esters is 3. The SMILES string of the molecule is CCOc1ccccc1C(=O)OCC(CC)(COC(=O)c1ccccc1OCC)COC(=O)c1ccccc1OCC. The van der Waals surface area contributed by atoms with Crippen LogP contribution in [-0.2, 0) is 14.2 Å². The molecule has 0 bridgehead atoms. The minimum atomic E-state index is -1.05. The van der Waals surface area contributed by atoms with Crippen LogP contribution in [0.1, 0.15) is 65.2 Å². The molecule has 0 saturated heterocycles. The molecule has 9 heteroatoms. The summed E-state index contributed by atoms with van der Waals surface area (Å²) < 4.78 is 33.9. The highest BCUT2D eigenvalue weighted by Gasteiger charge is 2.35. The number of carbonyl (C=O) groups is 3. The Morgan fingerprint density at radius 1 is 0.500 bits per heavy atom. The monoisotopic (exact) mass is 578 g/mol. The first-order valence-corrected chi connectivity index (χ1v) is 14.0. The van der Waals surface area contributed by atoms with E-state index < -0.39 is 23.3 Å². The van der Waals surface area contributed by atoms with E-state index in [1.807, 2.05) is 27.7 Å². The van der Waals surface area contributed by atoms with Gasteiger partial charge in [-0.05, 0) is 63.6 Å². The van der Waals surface area contributed by atoms with Crippen LogP contribution in [0.3, 0.4) is 0 Å². The maximum absolute atomic E-state index is 13.1. The van der Waals surface area contributed by atoms with Gasteiger partial charge in [-0.25, -0.2) is 14.4 Å². The summed E-state index contributed by atoms with van der Waals surface area (Å²) in [5.74, 6) is -0.659. The van der Waals surface area contributed by atoms with Crippen LogP contribution in [-0.4, -0.2) is 57.5 Å². The quantitative estimate of drug-likeness (QED) is 0.146. The van der Waals surface area contributed by atoms with Crippen molar-refractivity contribution in [3.05, 3.63) is 89.5 Å². The predicted molar refractivity (Wildman–Crippen MR) is 156 cm³/mol. The zero-order valence-electron chi connectivity index (χ0n) is 24.6. The zero-order chi connectivity index (χ0) is 30.4. The van der Waals surface area contributed by atoms with Crippen LogP contribution in [0.2, 0.25) is 0 Å². The molecular formula is C33H38O9. The molecule has 3 aromatic carbocycles. The van der Waals surface area contributed by atoms with Crippen LogP contribution in [0, 0.1) is 5.41 Å². The van der Waals surface area contributed by atoms with Gasteiger partial charge in [0.2, 0.25) is 0 Å². The minimum absolute atomic E-state index is 0.191. The number of hydrogen-bond donors (Lipinski definition) is 0. The van der Waals surface area contributed by atoms with Crippen molar-refractivity contribution in [3.8, 4) is 17.2 Å². The number of carbonyl (C=O) groups excluding carboxylic acids is 3. The standard InChI is InChI=1S/C33H38O9/c1-5-33(21-40-30(34)24-15-9-12-18-27(24)37-6-2,22-41-31(35)25-16-10-13-19-28(25)38-7-3)23-42-32(36)26-17-11-14-20-29(26)39-8-4/h9-20H,5-8,21-23H2,1-4H3. The maximum Gasteiger partial charge on any atom is 0.341 e. The van der Waals surface area contributed by atoms with E-state index in [0.29, 0.717) is 43.5 Å². The summed E-state index contributed by atoms with van der Waals surface area (Å²) in [6.07, 6.45) is 0.355. The van der Waals surface area contributed by atoms with Gasteiger partial charge in [-0.1, -0.05) is 43.3 Å². The Morgan fingerprint density at radius 2 is 0.786 bits per heavy atom. The lowest BCUT2D eigenvalue weighted by Crippen LogP contribution is -2.39. The van der Waals surface area contributed by atoms with Gasteiger partial charge in [-0.15, -0.1) is 0 Å². The van der Waals surface area contributed by atoms with Crippen LogP contribution < -0.4 is 14.2 Å². The van der Waals surface area contributed by atoms with Crippen LogP contribution in [0.4, 0.5) is 0 Å². The molecule has 224 valence electrons. The summed E-state index contributed by atoms with van der Waals surface area (Å²) in [7, 11) is 0. The van der Waals surface area contributed by atoms with E-state index >= 15 is 0 Å². The third-order valence-electron chi connectivity index (χ3n) is 6.50. The zero-order valence-corrected chi connectivity index (χ0v) is 24.6. The van der Waals surface area contributed by atoms with Crippen molar-refractivity contribution >= 4 is 17.9 Å². The summed E-state index contributed by atoms with van der Waals surface area (Å²) in [6.45, 7) is 7.86. The normalized spacial score (nSPS) is 10.9. The number of para-hydroxylation sites is 3. The molecule has 9 nitrogen and oxygen atoms in total. The van der Waals surface area contributed by atoms with E-state index in [0.717, 1.165) is 0 Å². The van der Waals surface area contributed by atoms with E-state index in [-0.39, 0.29) is 36.5 Å². The number of benzene rings is 3. The molecule has 0 amide bonds. The van der Waals surface area contributed by atoms with E-state index in [2.05, 4.69) is 0 Å². The summed E-state index contributed by atoms with van der Waals surface area (Å²) in [6, 6.07) is 20.3. The molecule has 0 unspecified atom stereocenters. The third kappa shape index (κ3) is 8.49. The molecule has 3 rings (SSSR count). The molecule has 0 radical (unpaired) electrons. The van der Waals surface area contributed by atoms with Crippen molar-refractivity contribution in [2.24, 2.45) is 5.41 Å². The highest BCUT2D eigenvalue weighted by atomic mass is 16.6. The van der Waals surface area contributed by atoms with Gasteiger partial charge in [0.1, 0.15) is 53.8 Å². The van der Waals surface area contributed by atoms with Gasteiger partial charge in [0.25, 0.3) is 0 Å². The second-order valence-corrected chi connectivity index (χ2v) is 9.37. The number of ether oxygens (including phenoxy) is 6. The van der Waals surface area contributed by atoms with Gasteiger partial charge in [0, 0.05) is 0 Å². The van der Waals surface area contributed by atoms with Crippen molar-refractivity contribution in [2.45, 2.75) is 34.1 Å². The Hall–Kier alpha value is -4.53. The van der Waals surface area contributed by atoms with Gasteiger partial charge in [0.05, 0.1) is 25.2 Å². The fourth-order valence-electron chi connectivity index (χ4n) is 4.07. The molecule has 0 atom stereocenters. The van der Waals surface area contributed by atoms with E-state index in [9.17, 15) is 14.4 Å². The molecule has 0 aliphatic rings. The summed E-state index contributed by atoms with van der Waals surface area (Å²) in [4.78, 5) is 39.3. The van der Waals surface area contributed by atoms with Crippen molar-refractivity contribution in [2.75, 3.05) is 39.6 Å². The van der Waals surface area contributed by atoms with E-state index in [1.165, 1.54) is 0 Å². The predicted octanol–water partition coefficient (Wildman–Crippen LogP) is 6.15. The summed E-state index contributed by atoms with van der Waals surface area (Å²) in [5, 5.41) is 0. The highest BCUT2D eigenvalue weighted by Crippen LogP contribution is 2.29. The fraction of sp³-hybridized carbons (Fsp3) is 0.364. The van der Waals surface area contributed by atoms with Crippen molar-refractivity contribution in [1.29, 1.82) is 0 Å². The fourth-order valence-corrected chi connectivity index (χ4v) is 4.07. The lowest BCUT2D eigenvalue weighted by atomic mass is 9.88. The first-order valence-electron chi connectivity index (χ1n) is 14.0. The molecule has 0 aliphatic carbocycles. The van der Waals surface area contributed by atoms with Crippen LogP contribution >= 0.6 is 0 Å². The Bertz CT molecular complexity index is 1180. The topological polar surface area (TPSA) is 107 Å². The smallest absolute Gasteiger partial charge is 0.341 e. The summed E-state index contributed by atoms with van der Waals surface area (Å²) >= 11 is 0.